The van der Waals surface area contributed by atoms with E-state index in [4.69, 9.17) is 0 Å². The van der Waals surface area contributed by atoms with Crippen molar-refractivity contribution in [2.75, 3.05) is 4.90 Å². The first kappa shape index (κ1) is 16.6. The molecule has 0 aliphatic rings. The van der Waals surface area contributed by atoms with Crippen molar-refractivity contribution in [1.82, 2.24) is 4.90 Å². The molecule has 1 aromatic rings. The molecule has 0 heterocycles. The van der Waals surface area contributed by atoms with Crippen LogP contribution >= 0.6 is 0 Å². The van der Waals surface area contributed by atoms with Crippen LogP contribution < -0.4 is 4.90 Å². The van der Waals surface area contributed by atoms with Gasteiger partial charge in [0.05, 0.1) is 5.69 Å². The molecule has 0 unspecified atom stereocenters. The van der Waals surface area contributed by atoms with Crippen molar-refractivity contribution in [3.05, 3.63) is 41.9 Å². The maximum absolute atomic E-state index is 12.9. The highest BCUT2D eigenvalue weighted by Gasteiger charge is 2.23. The van der Waals surface area contributed by atoms with Crippen LogP contribution in [-0.4, -0.2) is 29.7 Å². The van der Waals surface area contributed by atoms with Gasteiger partial charge in [0.1, 0.15) is 12.1 Å². The van der Waals surface area contributed by atoms with E-state index >= 15 is 0 Å². The fourth-order valence-electron chi connectivity index (χ4n) is 1.62. The first-order valence-electron chi connectivity index (χ1n) is 6.36. The Morgan fingerprint density at radius 2 is 1.76 bits per heavy atom. The third-order valence-corrected chi connectivity index (χ3v) is 2.72. The Labute approximate surface area is 122 Å². The first-order chi connectivity index (χ1) is 9.90. The zero-order chi connectivity index (χ0) is 16.0. The minimum absolute atomic E-state index is 0.249. The van der Waals surface area contributed by atoms with Crippen LogP contribution in [0.15, 0.2) is 36.0 Å². The van der Waals surface area contributed by atoms with E-state index in [9.17, 15) is 18.8 Å². The molecule has 112 valence electrons. The van der Waals surface area contributed by atoms with E-state index in [1.165, 1.54) is 23.2 Å². The summed E-state index contributed by atoms with van der Waals surface area (Å²) in [5.74, 6) is -0.463. The van der Waals surface area contributed by atoms with Gasteiger partial charge in [0.15, 0.2) is 0 Å². The predicted molar refractivity (Wildman–Crippen MR) is 77.1 cm³/mol. The lowest BCUT2D eigenvalue weighted by Crippen LogP contribution is -2.43. The molecular weight excluding hydrogens is 275 g/mol. The number of benzene rings is 1. The molecular formula is C15H17FN2O3. The highest BCUT2D eigenvalue weighted by Crippen LogP contribution is 2.17. The summed E-state index contributed by atoms with van der Waals surface area (Å²) in [6, 6.07) is 4.10. The van der Waals surface area contributed by atoms with Crippen LogP contribution in [0.4, 0.5) is 14.9 Å². The Bertz CT molecular complexity index is 553. The predicted octanol–water partition coefficient (Wildman–Crippen LogP) is 2.72. The lowest BCUT2D eigenvalue weighted by Gasteiger charge is -2.27. The molecule has 0 atom stereocenters. The van der Waals surface area contributed by atoms with Crippen LogP contribution in [0.25, 0.3) is 0 Å². The molecule has 0 aromatic heterocycles. The lowest BCUT2D eigenvalue weighted by atomic mass is 10.2. The van der Waals surface area contributed by atoms with Crippen molar-refractivity contribution in [1.29, 1.82) is 0 Å². The molecule has 0 radical (unpaired) electrons. The number of hydrogen-bond acceptors (Lipinski definition) is 3. The molecule has 0 N–H and O–H groups in total. The minimum Gasteiger partial charge on any atom is -0.298 e. The number of urea groups is 1. The van der Waals surface area contributed by atoms with E-state index in [1.54, 1.807) is 20.8 Å². The van der Waals surface area contributed by atoms with Crippen molar-refractivity contribution in [3.8, 4) is 0 Å². The molecule has 0 saturated heterocycles. The van der Waals surface area contributed by atoms with Crippen LogP contribution in [0, 0.1) is 5.82 Å². The Balaban J connectivity index is 3.13. The lowest BCUT2D eigenvalue weighted by molar-refractivity contribution is -0.107. The number of hydrogen-bond donors (Lipinski definition) is 0. The van der Waals surface area contributed by atoms with E-state index in [-0.39, 0.29) is 11.7 Å². The number of carbonyl (C=O) groups excluding carboxylic acids is 3. The summed E-state index contributed by atoms with van der Waals surface area (Å²) in [4.78, 5) is 36.4. The topological polar surface area (TPSA) is 57.7 Å². The summed E-state index contributed by atoms with van der Waals surface area (Å²) >= 11 is 0. The van der Waals surface area contributed by atoms with Gasteiger partial charge in [-0.05, 0) is 45.0 Å². The molecule has 0 aliphatic carbocycles. The molecule has 0 bridgehead atoms. The second-order valence-corrected chi connectivity index (χ2v) is 4.73. The molecule has 0 fully saturated rings. The number of nitrogens with zero attached hydrogens (tertiary/aromatic N) is 2. The summed E-state index contributed by atoms with van der Waals surface area (Å²) in [6.07, 6.45) is 2.35. The molecule has 3 amide bonds. The number of allylic oxidation sites excluding steroid dienone is 1. The van der Waals surface area contributed by atoms with Gasteiger partial charge < -0.3 is 0 Å². The van der Waals surface area contributed by atoms with Gasteiger partial charge in [0.2, 0.25) is 6.41 Å². The normalized spacial score (nSPS) is 11.2. The highest BCUT2D eigenvalue weighted by molar-refractivity contribution is 6.06. The number of anilines is 1. The van der Waals surface area contributed by atoms with Gasteiger partial charge in [-0.25, -0.2) is 14.1 Å². The van der Waals surface area contributed by atoms with E-state index in [1.807, 2.05) is 0 Å². The monoisotopic (exact) mass is 292 g/mol. The largest absolute Gasteiger partial charge is 0.335 e. The Hall–Kier alpha value is -2.50. The second kappa shape index (κ2) is 7.33. The zero-order valence-electron chi connectivity index (χ0n) is 12.1. The van der Waals surface area contributed by atoms with Gasteiger partial charge in [-0.1, -0.05) is 0 Å². The van der Waals surface area contributed by atoms with E-state index in [0.29, 0.717) is 18.3 Å². The van der Waals surface area contributed by atoms with Crippen LogP contribution in [0.2, 0.25) is 0 Å². The molecule has 0 aliphatic heterocycles. The maximum Gasteiger partial charge on any atom is 0.335 e. The third kappa shape index (κ3) is 4.24. The number of imide groups is 1. The van der Waals surface area contributed by atoms with E-state index in [0.717, 1.165) is 17.0 Å². The quantitative estimate of drug-likeness (QED) is 0.619. The van der Waals surface area contributed by atoms with Gasteiger partial charge in [0.25, 0.3) is 0 Å². The summed E-state index contributed by atoms with van der Waals surface area (Å²) in [6.45, 7) is 5.05. The van der Waals surface area contributed by atoms with Crippen LogP contribution in [-0.2, 0) is 9.59 Å². The molecule has 0 spiro atoms. The summed E-state index contributed by atoms with van der Waals surface area (Å²) in [7, 11) is 0. The SMILES string of the molecule is C/C(C=O)=C\N(C(=O)N(C=O)c1ccc(F)cc1)C(C)C. The average molecular weight is 292 g/mol. The standard InChI is InChI=1S/C15H17FN2O3/c1-11(2)17(8-12(3)9-19)15(21)18(10-20)14-6-4-13(16)5-7-14/h4-11H,1-3H3/b12-8+. The maximum atomic E-state index is 12.9. The Morgan fingerprint density at radius 1 is 1.19 bits per heavy atom. The van der Waals surface area contributed by atoms with Gasteiger partial charge in [-0.2, -0.15) is 0 Å². The molecule has 5 nitrogen and oxygen atoms in total. The van der Waals surface area contributed by atoms with Gasteiger partial charge >= 0.3 is 6.03 Å². The summed E-state index contributed by atoms with van der Waals surface area (Å²) in [5.41, 5.74) is 0.598. The van der Waals surface area contributed by atoms with Gasteiger partial charge in [-0.15, -0.1) is 0 Å². The average Bonchev–Trinajstić information content (AvgIpc) is 2.46. The highest BCUT2D eigenvalue weighted by atomic mass is 19.1. The summed E-state index contributed by atoms with van der Waals surface area (Å²) < 4.78 is 12.9. The molecule has 6 heteroatoms. The number of carbonyl (C=O) groups is 3. The smallest absolute Gasteiger partial charge is 0.298 e. The van der Waals surface area contributed by atoms with Crippen LogP contribution in [0.5, 0.6) is 0 Å². The fourth-order valence-corrected chi connectivity index (χ4v) is 1.62. The van der Waals surface area contributed by atoms with Crippen LogP contribution in [0.1, 0.15) is 20.8 Å². The van der Waals surface area contributed by atoms with E-state index < -0.39 is 11.8 Å². The fraction of sp³-hybridized carbons (Fsp3) is 0.267. The van der Waals surface area contributed by atoms with Crippen molar-refractivity contribution < 1.29 is 18.8 Å². The first-order valence-corrected chi connectivity index (χ1v) is 6.36. The van der Waals surface area contributed by atoms with Crippen molar-refractivity contribution in [2.24, 2.45) is 0 Å². The third-order valence-electron chi connectivity index (χ3n) is 2.72. The second-order valence-electron chi connectivity index (χ2n) is 4.73. The molecule has 1 rings (SSSR count). The van der Waals surface area contributed by atoms with E-state index in [2.05, 4.69) is 0 Å². The van der Waals surface area contributed by atoms with Crippen molar-refractivity contribution in [2.45, 2.75) is 26.8 Å². The number of rotatable bonds is 5. The zero-order valence-corrected chi connectivity index (χ0v) is 12.1. The summed E-state index contributed by atoms with van der Waals surface area (Å²) in [5, 5.41) is 0. The Morgan fingerprint density at radius 3 is 2.19 bits per heavy atom. The number of amides is 3. The van der Waals surface area contributed by atoms with Crippen molar-refractivity contribution in [3.63, 3.8) is 0 Å². The molecule has 21 heavy (non-hydrogen) atoms. The Kier molecular flexibility index (Phi) is 5.78. The minimum atomic E-state index is -0.618. The van der Waals surface area contributed by atoms with Crippen molar-refractivity contribution >= 4 is 24.4 Å². The van der Waals surface area contributed by atoms with Gasteiger partial charge in [-0.3, -0.25) is 14.5 Å². The molecule has 0 saturated carbocycles. The molecule has 1 aromatic carbocycles. The number of aldehydes is 1. The number of halogens is 1. The van der Waals surface area contributed by atoms with Gasteiger partial charge in [0, 0.05) is 17.8 Å². The van der Waals surface area contributed by atoms with Crippen LogP contribution in [0.3, 0.4) is 0 Å².